The fraction of sp³-hybridized carbons (Fsp3) is 0.368. The fourth-order valence-electron chi connectivity index (χ4n) is 6.68. The normalized spacial score (nSPS) is 23.4. The van der Waals surface area contributed by atoms with Crippen LogP contribution in [-0.2, 0) is 47.9 Å². The van der Waals surface area contributed by atoms with Crippen molar-refractivity contribution in [2.45, 2.75) is 84.4 Å². The highest BCUT2D eigenvalue weighted by atomic mass is 16.7. The average molecular weight is 717 g/mol. The average Bonchev–Trinajstić information content (AvgIpc) is 3.74. The van der Waals surface area contributed by atoms with Crippen LogP contribution in [0, 0.1) is 13.8 Å². The third kappa shape index (κ3) is 7.65. The van der Waals surface area contributed by atoms with Crippen molar-refractivity contribution in [2.75, 3.05) is 6.61 Å². The van der Waals surface area contributed by atoms with Crippen LogP contribution in [0.3, 0.4) is 0 Å². The summed E-state index contributed by atoms with van der Waals surface area (Å²) in [6.45, 7) is 14.5. The Morgan fingerprint density at radius 1 is 0.808 bits per heavy atom. The molecule has 8 N–H and O–H groups in total. The molecule has 3 aliphatic heterocycles. The van der Waals surface area contributed by atoms with Gasteiger partial charge in [-0.2, -0.15) is 0 Å². The van der Waals surface area contributed by atoms with Gasteiger partial charge in [-0.15, -0.1) is 0 Å². The minimum absolute atomic E-state index is 0.118. The summed E-state index contributed by atoms with van der Waals surface area (Å²) in [6, 6.07) is 0. The van der Waals surface area contributed by atoms with Crippen molar-refractivity contribution in [3.05, 3.63) is 104 Å². The molecule has 5 heterocycles. The zero-order valence-electron chi connectivity index (χ0n) is 29.5. The number of H-pyrrole nitrogens is 2. The lowest BCUT2D eigenvalue weighted by Gasteiger charge is -2.34. The molecule has 14 nitrogen and oxygen atoms in total. The predicted molar refractivity (Wildman–Crippen MR) is 190 cm³/mol. The van der Waals surface area contributed by atoms with Crippen molar-refractivity contribution in [1.82, 2.24) is 20.6 Å². The van der Waals surface area contributed by atoms with E-state index in [9.17, 15) is 39.6 Å². The van der Waals surface area contributed by atoms with E-state index in [4.69, 9.17) is 9.47 Å². The summed E-state index contributed by atoms with van der Waals surface area (Å²) in [5.74, 6) is -2.17. The molecule has 52 heavy (non-hydrogen) atoms. The molecule has 2 aromatic heterocycles. The van der Waals surface area contributed by atoms with Crippen molar-refractivity contribution in [1.29, 1.82) is 0 Å². The Balaban J connectivity index is 1.52. The number of aliphatic hydroxyl groups is 3. The van der Waals surface area contributed by atoms with E-state index in [-0.39, 0.29) is 50.5 Å². The molecule has 14 heteroatoms. The Hall–Kier alpha value is -5.28. The van der Waals surface area contributed by atoms with Gasteiger partial charge < -0.3 is 50.5 Å². The number of carboxylic acid groups (broad SMARTS) is 1. The quantitative estimate of drug-likeness (QED) is 0.141. The first-order valence-electron chi connectivity index (χ1n) is 16.9. The molecule has 5 rings (SSSR count). The van der Waals surface area contributed by atoms with E-state index < -0.39 is 36.5 Å². The van der Waals surface area contributed by atoms with Crippen molar-refractivity contribution < 1.29 is 49.1 Å². The van der Waals surface area contributed by atoms with E-state index in [2.05, 4.69) is 33.8 Å². The third-order valence-corrected chi connectivity index (χ3v) is 9.81. The number of aromatic nitrogens is 2. The number of esters is 1. The first-order chi connectivity index (χ1) is 24.6. The molecule has 2 aromatic rings. The second-order valence-corrected chi connectivity index (χ2v) is 13.1. The monoisotopic (exact) mass is 716 g/mol. The first kappa shape index (κ1) is 38.0. The number of aliphatic carboxylic acids is 1. The van der Waals surface area contributed by atoms with Gasteiger partial charge in [0.15, 0.2) is 0 Å². The summed E-state index contributed by atoms with van der Waals surface area (Å²) in [5.41, 5.74) is 9.48. The Kier molecular flexibility index (Phi) is 11.3. The Morgan fingerprint density at radius 2 is 1.37 bits per heavy atom. The molecule has 3 aliphatic rings. The molecule has 1 saturated heterocycles. The minimum Gasteiger partial charge on any atom is -0.481 e. The van der Waals surface area contributed by atoms with Crippen molar-refractivity contribution >= 4 is 35.9 Å². The summed E-state index contributed by atoms with van der Waals surface area (Å²) in [5, 5.41) is 45.3. The van der Waals surface area contributed by atoms with Crippen LogP contribution >= 0.6 is 0 Å². The van der Waals surface area contributed by atoms with E-state index in [0.29, 0.717) is 45.2 Å². The lowest BCUT2D eigenvalue weighted by Crippen LogP contribution is -2.54. The highest BCUT2D eigenvalue weighted by molar-refractivity contribution is 6.03. The summed E-state index contributed by atoms with van der Waals surface area (Å²) >= 11 is 0. The Morgan fingerprint density at radius 3 is 1.92 bits per heavy atom. The Labute approximate surface area is 300 Å². The molecule has 1 fully saturated rings. The van der Waals surface area contributed by atoms with Crippen LogP contribution in [-0.4, -0.2) is 85.4 Å². The standard InChI is InChI=1S/C38H44N4O10/c1-7-21-20(6)36(49)42-28(21)14-26-18(4)23(9-11-32(44)45)29(40-26)15-30-24(10-12-33(46)52-38-35(48)34(47)31(43)16-51-38)19(5)25(39-30)13-27-17(3)22(8-2)37(50)41-27/h7-8,13-14,31,34-35,38-40,43,47-48H,1-2,9-12,15-16H2,3-6H3,(H,41,50)(H,42,49)(H,44,45)/b27-13-,28-14+/t31-,34+,35-,38+/m1/s1. The molecule has 4 atom stereocenters. The van der Waals surface area contributed by atoms with Gasteiger partial charge in [0.25, 0.3) is 11.8 Å². The van der Waals surface area contributed by atoms with E-state index >= 15 is 0 Å². The lowest BCUT2D eigenvalue weighted by molar-refractivity contribution is -0.262. The van der Waals surface area contributed by atoms with Crippen LogP contribution in [0.2, 0.25) is 0 Å². The van der Waals surface area contributed by atoms with Gasteiger partial charge in [0.05, 0.1) is 12.3 Å². The van der Waals surface area contributed by atoms with Gasteiger partial charge in [-0.25, -0.2) is 0 Å². The third-order valence-electron chi connectivity index (χ3n) is 9.81. The molecule has 0 bridgehead atoms. The SMILES string of the molecule is C=CC1=C(C)/C(=C/c2[nH]c(Cc3[nH]c(/C=C4/NC(=O)C(C)=C4C=C)c(C)c3CCC(=O)O)c(CCC(=O)O[C@@H]3OC[C@@H](O)[C@H](O)[C@H]3O)c2C)NC1=O. The van der Waals surface area contributed by atoms with E-state index in [0.717, 1.165) is 33.5 Å². The van der Waals surface area contributed by atoms with E-state index in [1.807, 2.05) is 20.8 Å². The number of nitrogens with one attached hydrogen (secondary N) is 4. The van der Waals surface area contributed by atoms with Crippen molar-refractivity contribution in [3.63, 3.8) is 0 Å². The van der Waals surface area contributed by atoms with Crippen LogP contribution in [0.4, 0.5) is 0 Å². The van der Waals surface area contributed by atoms with Gasteiger partial charge in [0.1, 0.15) is 18.3 Å². The fourth-order valence-corrected chi connectivity index (χ4v) is 6.68. The second-order valence-electron chi connectivity index (χ2n) is 13.1. The van der Waals surface area contributed by atoms with Gasteiger partial charge >= 0.3 is 11.9 Å². The maximum absolute atomic E-state index is 13.0. The zero-order chi connectivity index (χ0) is 38.0. The number of hydrogen-bond donors (Lipinski definition) is 8. The van der Waals surface area contributed by atoms with Crippen LogP contribution in [0.5, 0.6) is 0 Å². The minimum atomic E-state index is -1.63. The Bertz CT molecular complexity index is 1970. The number of carboxylic acids is 1. The van der Waals surface area contributed by atoms with Crippen LogP contribution in [0.1, 0.15) is 71.7 Å². The van der Waals surface area contributed by atoms with Crippen LogP contribution < -0.4 is 10.6 Å². The molecule has 0 aromatic carbocycles. The van der Waals surface area contributed by atoms with E-state index in [1.165, 1.54) is 6.08 Å². The van der Waals surface area contributed by atoms with E-state index in [1.54, 1.807) is 25.2 Å². The number of aliphatic hydroxyl groups excluding tert-OH is 3. The molecule has 276 valence electrons. The molecule has 0 saturated carbocycles. The van der Waals surface area contributed by atoms with Crippen molar-refractivity contribution in [2.24, 2.45) is 0 Å². The molecule has 2 amide bonds. The van der Waals surface area contributed by atoms with Gasteiger partial charge in [0.2, 0.25) is 6.29 Å². The maximum Gasteiger partial charge on any atom is 0.308 e. The number of ether oxygens (including phenoxy) is 2. The number of allylic oxidation sites excluding steroid dienone is 2. The molecular weight excluding hydrogens is 672 g/mol. The number of carbonyl (C=O) groups excluding carboxylic acids is 3. The van der Waals surface area contributed by atoms with Crippen LogP contribution in [0.25, 0.3) is 12.2 Å². The maximum atomic E-state index is 13.0. The molecule has 0 spiro atoms. The molecule has 0 unspecified atom stereocenters. The predicted octanol–water partition coefficient (Wildman–Crippen LogP) is 2.43. The summed E-state index contributed by atoms with van der Waals surface area (Å²) < 4.78 is 10.6. The topological polar surface area (TPSA) is 223 Å². The number of hydrogen-bond acceptors (Lipinski definition) is 9. The number of aromatic amines is 2. The summed E-state index contributed by atoms with van der Waals surface area (Å²) in [7, 11) is 0. The lowest BCUT2D eigenvalue weighted by atomic mass is 9.98. The highest BCUT2D eigenvalue weighted by Crippen LogP contribution is 2.32. The number of carbonyl (C=O) groups is 4. The van der Waals surface area contributed by atoms with Gasteiger partial charge in [-0.1, -0.05) is 25.3 Å². The van der Waals surface area contributed by atoms with Gasteiger partial charge in [-0.05, 0) is 80.5 Å². The smallest absolute Gasteiger partial charge is 0.308 e. The summed E-state index contributed by atoms with van der Waals surface area (Å²) in [6.07, 6.45) is 1.21. The summed E-state index contributed by atoms with van der Waals surface area (Å²) in [4.78, 5) is 56.5. The van der Waals surface area contributed by atoms with Crippen LogP contribution in [0.15, 0.2) is 59.0 Å². The second kappa shape index (κ2) is 15.5. The number of amides is 2. The van der Waals surface area contributed by atoms with Gasteiger partial charge in [-0.3, -0.25) is 19.2 Å². The van der Waals surface area contributed by atoms with Crippen molar-refractivity contribution in [3.8, 4) is 0 Å². The highest BCUT2D eigenvalue weighted by Gasteiger charge is 2.40. The molecular formula is C38H44N4O10. The molecule has 0 aliphatic carbocycles. The number of rotatable bonds is 13. The zero-order valence-corrected chi connectivity index (χ0v) is 29.5. The first-order valence-corrected chi connectivity index (χ1v) is 16.9. The largest absolute Gasteiger partial charge is 0.481 e. The molecule has 0 radical (unpaired) electrons. The van der Waals surface area contributed by atoms with Gasteiger partial charge in [0, 0.05) is 64.5 Å².